The highest BCUT2D eigenvalue weighted by Gasteiger charge is 2.30. The van der Waals surface area contributed by atoms with Crippen LogP contribution < -0.4 is 20.7 Å². The largest absolute Gasteiger partial charge is 0.492 e. The number of amides is 2. The standard InChI is InChI=1S/C22H25N7O5/c1-4-33-11-17-28-19(29-34-17)13-7-8-24-20(18(13)32-3)26-15-9-16(27-21(30)12-5-6-12)25-10-14(15)22(31)23-2/h7-10,12H,4-6,11H2,1-3H3,(H,23,31)(H2,24,25,26,27,30)/i2D3. The number of methoxy groups -OCH3 is 1. The highest BCUT2D eigenvalue weighted by Crippen LogP contribution is 2.36. The summed E-state index contributed by atoms with van der Waals surface area (Å²) in [5.41, 5.74) is 0.487. The van der Waals surface area contributed by atoms with Crippen LogP contribution >= 0.6 is 0 Å². The first-order valence-electron chi connectivity index (χ1n) is 12.0. The molecule has 1 aliphatic carbocycles. The maximum Gasteiger partial charge on any atom is 0.254 e. The summed E-state index contributed by atoms with van der Waals surface area (Å²) in [6, 6.07) is 3.03. The molecule has 0 unspecified atom stereocenters. The number of carbonyl (C=O) groups excluding carboxylic acids is 2. The minimum absolute atomic E-state index is 0.0715. The van der Waals surface area contributed by atoms with Gasteiger partial charge in [-0.15, -0.1) is 0 Å². The molecular weight excluding hydrogens is 442 g/mol. The summed E-state index contributed by atoms with van der Waals surface area (Å²) in [5, 5.41) is 11.6. The summed E-state index contributed by atoms with van der Waals surface area (Å²) < 4.78 is 38.1. The monoisotopic (exact) mass is 470 g/mol. The third-order valence-corrected chi connectivity index (χ3v) is 4.96. The van der Waals surface area contributed by atoms with Crippen molar-refractivity contribution in [2.24, 2.45) is 5.92 Å². The second-order valence-electron chi connectivity index (χ2n) is 7.35. The highest BCUT2D eigenvalue weighted by molar-refractivity contribution is 6.01. The first-order valence-corrected chi connectivity index (χ1v) is 10.5. The lowest BCUT2D eigenvalue weighted by Gasteiger charge is -2.15. The molecule has 0 atom stereocenters. The molecule has 3 aromatic heterocycles. The average Bonchev–Trinajstić information content (AvgIpc) is 3.60. The van der Waals surface area contributed by atoms with Crippen molar-refractivity contribution in [3.8, 4) is 17.1 Å². The summed E-state index contributed by atoms with van der Waals surface area (Å²) in [5.74, 6) is -0.0710. The van der Waals surface area contributed by atoms with Crippen LogP contribution in [0.25, 0.3) is 11.4 Å². The predicted octanol–water partition coefficient (Wildman–Crippen LogP) is 2.52. The molecule has 0 spiro atoms. The molecule has 3 heterocycles. The van der Waals surface area contributed by atoms with Gasteiger partial charge in [0.15, 0.2) is 11.6 Å². The minimum atomic E-state index is -2.72. The molecule has 12 heteroatoms. The van der Waals surface area contributed by atoms with E-state index in [1.165, 1.54) is 25.6 Å². The fourth-order valence-corrected chi connectivity index (χ4v) is 3.11. The molecule has 2 amide bonds. The number of carbonyl (C=O) groups is 2. The van der Waals surface area contributed by atoms with E-state index in [9.17, 15) is 9.59 Å². The lowest BCUT2D eigenvalue weighted by molar-refractivity contribution is -0.117. The van der Waals surface area contributed by atoms with E-state index in [4.69, 9.17) is 18.1 Å². The molecule has 0 aromatic carbocycles. The van der Waals surface area contributed by atoms with E-state index in [1.807, 2.05) is 12.2 Å². The number of nitrogens with one attached hydrogen (secondary N) is 3. The van der Waals surface area contributed by atoms with Crippen LogP contribution in [0, 0.1) is 5.92 Å². The molecule has 0 radical (unpaired) electrons. The van der Waals surface area contributed by atoms with E-state index in [1.54, 1.807) is 6.07 Å². The zero-order valence-electron chi connectivity index (χ0n) is 21.5. The minimum Gasteiger partial charge on any atom is -0.492 e. The number of rotatable bonds is 10. The fourth-order valence-electron chi connectivity index (χ4n) is 3.11. The van der Waals surface area contributed by atoms with Gasteiger partial charge >= 0.3 is 0 Å². The van der Waals surface area contributed by atoms with Crippen LogP contribution in [0.15, 0.2) is 29.0 Å². The quantitative estimate of drug-likeness (QED) is 0.403. The smallest absolute Gasteiger partial charge is 0.254 e. The van der Waals surface area contributed by atoms with Crippen LogP contribution in [-0.2, 0) is 16.1 Å². The predicted molar refractivity (Wildman–Crippen MR) is 122 cm³/mol. The van der Waals surface area contributed by atoms with E-state index < -0.39 is 12.9 Å². The Kier molecular flexibility index (Phi) is 5.85. The molecule has 4 rings (SSSR count). The van der Waals surface area contributed by atoms with Gasteiger partial charge in [-0.25, -0.2) is 9.97 Å². The molecule has 3 aromatic rings. The Balaban J connectivity index is 1.69. The maximum atomic E-state index is 12.7. The summed E-state index contributed by atoms with van der Waals surface area (Å²) in [4.78, 5) is 37.7. The Hall–Kier alpha value is -4.06. The Morgan fingerprint density at radius 2 is 2.18 bits per heavy atom. The van der Waals surface area contributed by atoms with Crippen LogP contribution in [-0.4, -0.2) is 52.6 Å². The van der Waals surface area contributed by atoms with E-state index in [0.717, 1.165) is 12.8 Å². The highest BCUT2D eigenvalue weighted by atomic mass is 16.5. The van der Waals surface area contributed by atoms with E-state index in [2.05, 4.69) is 30.7 Å². The molecule has 1 saturated carbocycles. The normalized spacial score (nSPS) is 14.5. The summed E-state index contributed by atoms with van der Waals surface area (Å²) in [6.07, 6.45) is 4.23. The van der Waals surface area contributed by atoms with Gasteiger partial charge in [-0.05, 0) is 25.8 Å². The first-order chi connectivity index (χ1) is 17.7. The van der Waals surface area contributed by atoms with Gasteiger partial charge in [0.1, 0.15) is 12.4 Å². The van der Waals surface area contributed by atoms with Gasteiger partial charge in [0, 0.05) is 42.1 Å². The molecule has 12 nitrogen and oxygen atoms in total. The number of anilines is 3. The van der Waals surface area contributed by atoms with Crippen LogP contribution in [0.3, 0.4) is 0 Å². The zero-order chi connectivity index (χ0) is 26.6. The molecule has 0 aliphatic heterocycles. The van der Waals surface area contributed by atoms with Gasteiger partial charge in [0.05, 0.1) is 23.9 Å². The number of aromatic nitrogens is 4. The molecule has 1 aliphatic rings. The Bertz CT molecular complexity index is 1290. The number of hydrogen-bond donors (Lipinski definition) is 3. The molecular formula is C22H25N7O5. The SMILES string of the molecule is [2H]C([2H])([2H])NC(=O)c1cnc(NC(=O)C2CC2)cc1Nc1nccc(-c2noc(COCC)n2)c1OC. The van der Waals surface area contributed by atoms with Crippen molar-refractivity contribution in [2.75, 3.05) is 31.3 Å². The van der Waals surface area contributed by atoms with Crippen molar-refractivity contribution in [2.45, 2.75) is 26.4 Å². The van der Waals surface area contributed by atoms with Gasteiger partial charge in [-0.1, -0.05) is 5.16 Å². The van der Waals surface area contributed by atoms with Crippen molar-refractivity contribution < 1.29 is 27.7 Å². The lowest BCUT2D eigenvalue weighted by atomic mass is 10.2. The summed E-state index contributed by atoms with van der Waals surface area (Å²) in [6.45, 7) is -0.246. The lowest BCUT2D eigenvalue weighted by Crippen LogP contribution is -2.20. The average molecular weight is 471 g/mol. The summed E-state index contributed by atoms with van der Waals surface area (Å²) in [7, 11) is 1.42. The fraction of sp³-hybridized carbons (Fsp3) is 0.364. The second kappa shape index (κ2) is 10.3. The number of nitrogens with zero attached hydrogens (tertiary/aromatic N) is 4. The van der Waals surface area contributed by atoms with Crippen LogP contribution in [0.2, 0.25) is 0 Å². The van der Waals surface area contributed by atoms with Crippen LogP contribution in [0.5, 0.6) is 5.75 Å². The molecule has 0 bridgehead atoms. The number of ether oxygens (including phenoxy) is 2. The van der Waals surface area contributed by atoms with Gasteiger partial charge in [0.25, 0.3) is 11.8 Å². The maximum absolute atomic E-state index is 12.7. The van der Waals surface area contributed by atoms with Crippen molar-refractivity contribution in [1.82, 2.24) is 25.4 Å². The Labute approximate surface area is 199 Å². The molecule has 1 fully saturated rings. The second-order valence-corrected chi connectivity index (χ2v) is 7.35. The zero-order valence-corrected chi connectivity index (χ0v) is 18.5. The first kappa shape index (κ1) is 19.4. The third-order valence-electron chi connectivity index (χ3n) is 4.96. The van der Waals surface area contributed by atoms with Crippen LogP contribution in [0.4, 0.5) is 17.3 Å². The van der Waals surface area contributed by atoms with Crippen molar-refractivity contribution in [3.63, 3.8) is 0 Å². The third kappa shape index (κ3) is 5.12. The van der Waals surface area contributed by atoms with Crippen molar-refractivity contribution >= 4 is 29.1 Å². The summed E-state index contributed by atoms with van der Waals surface area (Å²) >= 11 is 0. The number of hydrogen-bond acceptors (Lipinski definition) is 10. The molecule has 178 valence electrons. The van der Waals surface area contributed by atoms with Crippen molar-refractivity contribution in [1.29, 1.82) is 0 Å². The number of pyridine rings is 2. The Morgan fingerprint density at radius 3 is 2.91 bits per heavy atom. The topological polar surface area (TPSA) is 153 Å². The van der Waals surface area contributed by atoms with E-state index in [0.29, 0.717) is 12.2 Å². The van der Waals surface area contributed by atoms with Crippen molar-refractivity contribution in [3.05, 3.63) is 36.0 Å². The van der Waals surface area contributed by atoms with Gasteiger partial charge in [-0.3, -0.25) is 9.59 Å². The molecule has 3 N–H and O–H groups in total. The van der Waals surface area contributed by atoms with Crippen LogP contribution in [0.1, 0.15) is 40.1 Å². The van der Waals surface area contributed by atoms with E-state index >= 15 is 0 Å². The molecule has 0 saturated heterocycles. The van der Waals surface area contributed by atoms with Gasteiger partial charge in [-0.2, -0.15) is 4.98 Å². The Morgan fingerprint density at radius 1 is 1.32 bits per heavy atom. The molecule has 34 heavy (non-hydrogen) atoms. The van der Waals surface area contributed by atoms with Gasteiger partial charge < -0.3 is 29.9 Å². The van der Waals surface area contributed by atoms with E-state index in [-0.39, 0.29) is 58.8 Å². The van der Waals surface area contributed by atoms with Gasteiger partial charge in [0.2, 0.25) is 11.7 Å².